The lowest BCUT2D eigenvalue weighted by molar-refractivity contribution is -0.125. The molecular formula is C20H29N3O4. The average Bonchev–Trinajstić information content (AvgIpc) is 2.83. The molecule has 0 radical (unpaired) electrons. The highest BCUT2D eigenvalue weighted by Gasteiger charge is 2.62. The molecule has 2 aliphatic rings. The Labute approximate surface area is 160 Å². The number of nitrogens with zero attached hydrogens (tertiary/aromatic N) is 2. The Morgan fingerprint density at radius 2 is 1.74 bits per heavy atom. The van der Waals surface area contributed by atoms with E-state index in [0.717, 1.165) is 11.4 Å². The number of likely N-dealkylation sites (tertiary alicyclic amines) is 1. The second kappa shape index (κ2) is 6.32. The van der Waals surface area contributed by atoms with Crippen LogP contribution in [0.1, 0.15) is 40.5 Å². The molecule has 2 N–H and O–H groups in total. The summed E-state index contributed by atoms with van der Waals surface area (Å²) in [5, 5.41) is 12.5. The van der Waals surface area contributed by atoms with Crippen molar-refractivity contribution in [3.63, 3.8) is 0 Å². The van der Waals surface area contributed by atoms with Crippen LogP contribution in [0.4, 0.5) is 10.5 Å². The van der Waals surface area contributed by atoms with Crippen molar-refractivity contribution in [1.29, 1.82) is 0 Å². The molecule has 0 bridgehead atoms. The van der Waals surface area contributed by atoms with Crippen LogP contribution in [0.15, 0.2) is 24.3 Å². The van der Waals surface area contributed by atoms with Crippen molar-refractivity contribution >= 4 is 17.7 Å². The topological polar surface area (TPSA) is 82.1 Å². The van der Waals surface area contributed by atoms with Gasteiger partial charge in [-0.05, 0) is 44.0 Å². The van der Waals surface area contributed by atoms with Gasteiger partial charge in [0.05, 0.1) is 7.11 Å². The lowest BCUT2D eigenvalue weighted by Crippen LogP contribution is -2.64. The van der Waals surface area contributed by atoms with Gasteiger partial charge in [0.25, 0.3) is 0 Å². The Kier molecular flexibility index (Phi) is 4.52. The fourth-order valence-electron chi connectivity index (χ4n) is 4.20. The molecule has 1 atom stereocenters. The maximum Gasteiger partial charge on any atom is 0.407 e. The van der Waals surface area contributed by atoms with Crippen LogP contribution in [-0.2, 0) is 4.79 Å². The molecule has 0 aliphatic carbocycles. The molecule has 1 aromatic rings. The number of nitrogens with one attached hydrogen (secondary N) is 1. The van der Waals surface area contributed by atoms with Crippen LogP contribution >= 0.6 is 0 Å². The Morgan fingerprint density at radius 3 is 2.19 bits per heavy atom. The predicted molar refractivity (Wildman–Crippen MR) is 103 cm³/mol. The molecule has 148 valence electrons. The van der Waals surface area contributed by atoms with E-state index in [2.05, 4.69) is 31.0 Å². The molecule has 2 amide bonds. The molecule has 2 saturated heterocycles. The minimum atomic E-state index is -0.933. The Hall–Kier alpha value is -2.44. The molecule has 7 nitrogen and oxygen atoms in total. The largest absolute Gasteiger partial charge is 0.497 e. The third kappa shape index (κ3) is 2.89. The molecule has 2 heterocycles. The Bertz CT molecular complexity index is 733. The van der Waals surface area contributed by atoms with Crippen LogP contribution in [0.3, 0.4) is 0 Å². The van der Waals surface area contributed by atoms with Crippen LogP contribution in [-0.4, -0.2) is 53.4 Å². The van der Waals surface area contributed by atoms with E-state index in [0.29, 0.717) is 25.9 Å². The molecule has 3 rings (SSSR count). The van der Waals surface area contributed by atoms with Gasteiger partial charge in [0.2, 0.25) is 5.91 Å². The summed E-state index contributed by atoms with van der Waals surface area (Å²) in [6, 6.07) is 7.71. The lowest BCUT2D eigenvalue weighted by atomic mass is 9.78. The number of anilines is 1. The summed E-state index contributed by atoms with van der Waals surface area (Å²) in [7, 11) is 1.62. The van der Waals surface area contributed by atoms with E-state index in [1.54, 1.807) is 7.11 Å². The number of carboxylic acid groups (broad SMARTS) is 1. The van der Waals surface area contributed by atoms with Crippen molar-refractivity contribution in [2.75, 3.05) is 25.1 Å². The molecule has 1 spiro atoms. The Balaban J connectivity index is 2.08. The number of ether oxygens (including phenoxy) is 1. The first-order valence-electron chi connectivity index (χ1n) is 9.30. The zero-order chi connectivity index (χ0) is 20.0. The van der Waals surface area contributed by atoms with E-state index in [-0.39, 0.29) is 11.3 Å². The monoisotopic (exact) mass is 375 g/mol. The van der Waals surface area contributed by atoms with Gasteiger partial charge in [0.15, 0.2) is 0 Å². The van der Waals surface area contributed by atoms with Crippen molar-refractivity contribution in [3.8, 4) is 5.75 Å². The third-order valence-electron chi connectivity index (χ3n) is 6.31. The van der Waals surface area contributed by atoms with E-state index >= 15 is 0 Å². The highest BCUT2D eigenvalue weighted by atomic mass is 16.5. The van der Waals surface area contributed by atoms with E-state index in [9.17, 15) is 14.7 Å². The third-order valence-corrected chi connectivity index (χ3v) is 6.31. The van der Waals surface area contributed by atoms with Gasteiger partial charge in [-0.3, -0.25) is 4.79 Å². The van der Waals surface area contributed by atoms with Gasteiger partial charge < -0.3 is 25.0 Å². The van der Waals surface area contributed by atoms with Gasteiger partial charge in [0.1, 0.15) is 17.0 Å². The standard InChI is InChI=1S/C20H29N3O4/c1-18(2,3)19(4)21-16(24)20(10-12-22(13-11-20)17(25)26)23(19)14-6-8-15(27-5)9-7-14/h6-9H,10-13H2,1-5H3,(H,21,24)(H,25,26). The summed E-state index contributed by atoms with van der Waals surface area (Å²) in [4.78, 5) is 28.2. The minimum Gasteiger partial charge on any atom is -0.497 e. The highest BCUT2D eigenvalue weighted by molar-refractivity contribution is 5.95. The van der Waals surface area contributed by atoms with E-state index in [1.165, 1.54) is 4.90 Å². The molecule has 0 saturated carbocycles. The predicted octanol–water partition coefficient (Wildman–Crippen LogP) is 2.91. The Morgan fingerprint density at radius 1 is 1.19 bits per heavy atom. The minimum absolute atomic E-state index is 0.0271. The first-order valence-corrected chi connectivity index (χ1v) is 9.30. The maximum atomic E-state index is 13.3. The lowest BCUT2D eigenvalue weighted by Gasteiger charge is -2.52. The van der Waals surface area contributed by atoms with Crippen molar-refractivity contribution in [1.82, 2.24) is 10.2 Å². The van der Waals surface area contributed by atoms with Crippen molar-refractivity contribution in [2.45, 2.75) is 51.7 Å². The number of rotatable bonds is 2. The van der Waals surface area contributed by atoms with Crippen LogP contribution in [0, 0.1) is 5.41 Å². The number of hydrogen-bond donors (Lipinski definition) is 2. The molecule has 1 unspecified atom stereocenters. The number of carbonyl (C=O) groups is 2. The summed E-state index contributed by atoms with van der Waals surface area (Å²) in [5.74, 6) is 0.727. The van der Waals surface area contributed by atoms with Crippen molar-refractivity contribution in [3.05, 3.63) is 24.3 Å². The number of methoxy groups -OCH3 is 1. The van der Waals surface area contributed by atoms with Crippen LogP contribution < -0.4 is 15.0 Å². The average molecular weight is 375 g/mol. The number of carbonyl (C=O) groups excluding carboxylic acids is 1. The summed E-state index contributed by atoms with van der Waals surface area (Å²) in [5.41, 5.74) is -0.682. The second-order valence-electron chi connectivity index (χ2n) is 8.61. The summed E-state index contributed by atoms with van der Waals surface area (Å²) >= 11 is 0. The fraction of sp³-hybridized carbons (Fsp3) is 0.600. The first kappa shape index (κ1) is 19.3. The maximum absolute atomic E-state index is 13.3. The number of hydrogen-bond acceptors (Lipinski definition) is 4. The molecule has 2 fully saturated rings. The molecule has 1 aromatic carbocycles. The molecule has 0 aromatic heterocycles. The smallest absolute Gasteiger partial charge is 0.407 e. The zero-order valence-corrected chi connectivity index (χ0v) is 16.7. The van der Waals surface area contributed by atoms with Crippen LogP contribution in [0.25, 0.3) is 0 Å². The summed E-state index contributed by atoms with van der Waals surface area (Å²) in [6.45, 7) is 9.05. The summed E-state index contributed by atoms with van der Waals surface area (Å²) < 4.78 is 5.28. The number of amides is 2. The van der Waals surface area contributed by atoms with Gasteiger partial charge >= 0.3 is 6.09 Å². The van der Waals surface area contributed by atoms with Crippen LogP contribution in [0.2, 0.25) is 0 Å². The van der Waals surface area contributed by atoms with E-state index in [1.807, 2.05) is 31.2 Å². The number of benzene rings is 1. The van der Waals surface area contributed by atoms with Crippen molar-refractivity contribution in [2.24, 2.45) is 5.41 Å². The van der Waals surface area contributed by atoms with Gasteiger partial charge in [-0.1, -0.05) is 20.8 Å². The normalized spacial score (nSPS) is 24.9. The molecule has 2 aliphatic heterocycles. The highest BCUT2D eigenvalue weighted by Crippen LogP contribution is 2.49. The van der Waals surface area contributed by atoms with Crippen molar-refractivity contribution < 1.29 is 19.4 Å². The quantitative estimate of drug-likeness (QED) is 0.831. The van der Waals surface area contributed by atoms with Gasteiger partial charge in [-0.2, -0.15) is 0 Å². The fourth-order valence-corrected chi connectivity index (χ4v) is 4.20. The van der Waals surface area contributed by atoms with Gasteiger partial charge in [0, 0.05) is 24.2 Å². The van der Waals surface area contributed by atoms with Crippen LogP contribution in [0.5, 0.6) is 5.75 Å². The van der Waals surface area contributed by atoms with E-state index in [4.69, 9.17) is 4.74 Å². The molecular weight excluding hydrogens is 346 g/mol. The zero-order valence-electron chi connectivity index (χ0n) is 16.7. The molecule has 27 heavy (non-hydrogen) atoms. The molecule has 7 heteroatoms. The number of piperidine rings is 1. The van der Waals surface area contributed by atoms with Gasteiger partial charge in [-0.25, -0.2) is 4.79 Å². The second-order valence-corrected chi connectivity index (χ2v) is 8.61. The SMILES string of the molecule is COc1ccc(N2C3(CCN(C(=O)O)CC3)C(=O)NC2(C)C(C)(C)C)cc1. The van der Waals surface area contributed by atoms with Gasteiger partial charge in [-0.15, -0.1) is 0 Å². The van der Waals surface area contributed by atoms with E-state index < -0.39 is 17.3 Å². The first-order chi connectivity index (χ1) is 12.5. The summed E-state index contributed by atoms with van der Waals surface area (Å²) in [6.07, 6.45) is -0.0103.